The van der Waals surface area contributed by atoms with Crippen LogP contribution in [0.5, 0.6) is 0 Å². The molecule has 0 atom stereocenters. The molecular formula is C18H25N5O2S. The zero-order valence-corrected chi connectivity index (χ0v) is 15.8. The van der Waals surface area contributed by atoms with Gasteiger partial charge in [0.1, 0.15) is 0 Å². The van der Waals surface area contributed by atoms with Crippen LogP contribution < -0.4 is 5.32 Å². The second-order valence-electron chi connectivity index (χ2n) is 6.43. The molecule has 8 heteroatoms. The normalized spacial score (nSPS) is 15.1. The van der Waals surface area contributed by atoms with Crippen LogP contribution in [0.2, 0.25) is 0 Å². The number of rotatable bonds is 7. The van der Waals surface area contributed by atoms with Gasteiger partial charge in [-0.05, 0) is 25.2 Å². The Labute approximate surface area is 158 Å². The van der Waals surface area contributed by atoms with Crippen molar-refractivity contribution in [2.75, 3.05) is 39.4 Å². The predicted molar refractivity (Wildman–Crippen MR) is 102 cm³/mol. The molecule has 1 aliphatic rings. The van der Waals surface area contributed by atoms with E-state index in [1.807, 2.05) is 29.7 Å². The zero-order valence-electron chi connectivity index (χ0n) is 15.0. The van der Waals surface area contributed by atoms with E-state index in [0.717, 1.165) is 49.8 Å². The first-order valence-corrected chi connectivity index (χ1v) is 9.33. The molecule has 3 rings (SSSR count). The van der Waals surface area contributed by atoms with Crippen molar-refractivity contribution in [2.24, 2.45) is 0 Å². The number of aryl methyl sites for hydroxylation is 1. The van der Waals surface area contributed by atoms with Crippen LogP contribution >= 0.6 is 12.2 Å². The second-order valence-corrected chi connectivity index (χ2v) is 6.81. The van der Waals surface area contributed by atoms with E-state index in [1.165, 1.54) is 0 Å². The average Bonchev–Trinajstić information content (AvgIpc) is 3.01. The van der Waals surface area contributed by atoms with Crippen molar-refractivity contribution in [3.63, 3.8) is 0 Å². The lowest BCUT2D eigenvalue weighted by Gasteiger charge is -2.26. The van der Waals surface area contributed by atoms with E-state index in [1.54, 1.807) is 0 Å². The second kappa shape index (κ2) is 9.07. The van der Waals surface area contributed by atoms with Crippen LogP contribution in [0.25, 0.3) is 11.4 Å². The Morgan fingerprint density at radius 1 is 1.35 bits per heavy atom. The summed E-state index contributed by atoms with van der Waals surface area (Å²) in [7, 11) is 0. The molecule has 2 N–H and O–H groups in total. The van der Waals surface area contributed by atoms with E-state index in [9.17, 15) is 4.79 Å². The van der Waals surface area contributed by atoms with Crippen LogP contribution in [-0.2, 0) is 16.1 Å². The highest BCUT2D eigenvalue weighted by atomic mass is 32.1. The summed E-state index contributed by atoms with van der Waals surface area (Å²) >= 11 is 5.33. The number of aromatic amines is 1. The summed E-state index contributed by atoms with van der Waals surface area (Å²) in [5.41, 5.74) is 2.15. The van der Waals surface area contributed by atoms with Gasteiger partial charge in [0.25, 0.3) is 0 Å². The van der Waals surface area contributed by atoms with Gasteiger partial charge in [0.05, 0.1) is 13.2 Å². The maximum atomic E-state index is 12.2. The van der Waals surface area contributed by atoms with E-state index >= 15 is 0 Å². The number of aromatic nitrogens is 3. The summed E-state index contributed by atoms with van der Waals surface area (Å²) in [5, 5.41) is 10.1. The standard InChI is InChI=1S/C18H25N5O2S/c1-14-3-2-4-15(13-14)17-20-21-18(26)23(17)7-5-16(24)19-6-8-22-9-11-25-12-10-22/h2-4,13H,5-12H2,1H3,(H,19,24)(H,21,26). The maximum Gasteiger partial charge on any atom is 0.221 e. The van der Waals surface area contributed by atoms with Crippen molar-refractivity contribution < 1.29 is 9.53 Å². The van der Waals surface area contributed by atoms with Crippen molar-refractivity contribution in [1.82, 2.24) is 25.0 Å². The van der Waals surface area contributed by atoms with Crippen LogP contribution in [0.15, 0.2) is 24.3 Å². The molecule has 140 valence electrons. The first kappa shape index (κ1) is 18.8. The molecule has 0 bridgehead atoms. The number of nitrogens with zero attached hydrogens (tertiary/aromatic N) is 3. The lowest BCUT2D eigenvalue weighted by Crippen LogP contribution is -2.41. The third kappa shape index (κ3) is 5.00. The minimum absolute atomic E-state index is 0.0246. The van der Waals surface area contributed by atoms with Crippen LogP contribution in [0.3, 0.4) is 0 Å². The summed E-state index contributed by atoms with van der Waals surface area (Å²) in [6, 6.07) is 8.09. The van der Waals surface area contributed by atoms with Gasteiger partial charge in [0.2, 0.25) is 5.91 Å². The van der Waals surface area contributed by atoms with Crippen LogP contribution in [0.1, 0.15) is 12.0 Å². The molecule has 2 heterocycles. The highest BCUT2D eigenvalue weighted by Crippen LogP contribution is 2.18. The first-order chi connectivity index (χ1) is 12.6. The molecule has 1 saturated heterocycles. The number of carbonyl (C=O) groups is 1. The summed E-state index contributed by atoms with van der Waals surface area (Å²) in [6.45, 7) is 7.46. The average molecular weight is 375 g/mol. The lowest BCUT2D eigenvalue weighted by molar-refractivity contribution is -0.121. The summed E-state index contributed by atoms with van der Waals surface area (Å²) in [5.74, 6) is 0.788. The van der Waals surface area contributed by atoms with Crippen molar-refractivity contribution >= 4 is 18.1 Å². The van der Waals surface area contributed by atoms with E-state index < -0.39 is 0 Å². The molecule has 7 nitrogen and oxygen atoms in total. The van der Waals surface area contributed by atoms with Gasteiger partial charge >= 0.3 is 0 Å². The molecular weight excluding hydrogens is 350 g/mol. The number of benzene rings is 1. The minimum atomic E-state index is 0.0246. The van der Waals surface area contributed by atoms with E-state index in [-0.39, 0.29) is 5.91 Å². The summed E-state index contributed by atoms with van der Waals surface area (Å²) < 4.78 is 7.73. The molecule has 2 aromatic rings. The van der Waals surface area contributed by atoms with Crippen LogP contribution in [0, 0.1) is 11.7 Å². The summed E-state index contributed by atoms with van der Waals surface area (Å²) in [6.07, 6.45) is 0.371. The van der Waals surface area contributed by atoms with Gasteiger partial charge < -0.3 is 10.1 Å². The highest BCUT2D eigenvalue weighted by Gasteiger charge is 2.12. The molecule has 0 spiro atoms. The maximum absolute atomic E-state index is 12.2. The Balaban J connectivity index is 1.52. The predicted octanol–water partition coefficient (Wildman–Crippen LogP) is 1.75. The van der Waals surface area contributed by atoms with Gasteiger partial charge in [-0.3, -0.25) is 19.4 Å². The van der Waals surface area contributed by atoms with E-state index in [2.05, 4.69) is 26.5 Å². The monoisotopic (exact) mass is 375 g/mol. The first-order valence-electron chi connectivity index (χ1n) is 8.92. The number of amides is 1. The molecule has 0 radical (unpaired) electrons. The third-order valence-electron chi connectivity index (χ3n) is 4.45. The molecule has 0 aliphatic carbocycles. The number of ether oxygens (including phenoxy) is 1. The quantitative estimate of drug-likeness (QED) is 0.721. The van der Waals surface area contributed by atoms with Gasteiger partial charge in [0.15, 0.2) is 10.6 Å². The van der Waals surface area contributed by atoms with Crippen molar-refractivity contribution in [3.05, 3.63) is 34.6 Å². The Morgan fingerprint density at radius 2 is 2.15 bits per heavy atom. The Kier molecular flexibility index (Phi) is 6.54. The highest BCUT2D eigenvalue weighted by molar-refractivity contribution is 7.71. The Morgan fingerprint density at radius 3 is 2.92 bits per heavy atom. The van der Waals surface area contributed by atoms with Gasteiger partial charge in [0, 0.05) is 44.7 Å². The molecule has 1 aromatic carbocycles. The fraction of sp³-hybridized carbons (Fsp3) is 0.500. The van der Waals surface area contributed by atoms with E-state index in [0.29, 0.717) is 24.3 Å². The van der Waals surface area contributed by atoms with Gasteiger partial charge in [-0.1, -0.05) is 23.8 Å². The van der Waals surface area contributed by atoms with E-state index in [4.69, 9.17) is 17.0 Å². The number of hydrogen-bond acceptors (Lipinski definition) is 5. The van der Waals surface area contributed by atoms with Gasteiger partial charge in [-0.25, -0.2) is 0 Å². The molecule has 26 heavy (non-hydrogen) atoms. The zero-order chi connectivity index (χ0) is 18.4. The van der Waals surface area contributed by atoms with Crippen LogP contribution in [0.4, 0.5) is 0 Å². The Hall–Kier alpha value is -2.03. The fourth-order valence-corrected chi connectivity index (χ4v) is 3.23. The lowest BCUT2D eigenvalue weighted by atomic mass is 10.1. The number of carbonyl (C=O) groups excluding carboxylic acids is 1. The number of H-pyrrole nitrogens is 1. The van der Waals surface area contributed by atoms with Crippen molar-refractivity contribution in [3.8, 4) is 11.4 Å². The molecule has 1 aromatic heterocycles. The largest absolute Gasteiger partial charge is 0.379 e. The number of morpholine rings is 1. The SMILES string of the molecule is Cc1cccc(-c2n[nH]c(=S)n2CCC(=O)NCCN2CCOCC2)c1. The van der Waals surface area contributed by atoms with Crippen molar-refractivity contribution in [1.29, 1.82) is 0 Å². The van der Waals surface area contributed by atoms with Gasteiger partial charge in [-0.15, -0.1) is 0 Å². The topological polar surface area (TPSA) is 75.2 Å². The third-order valence-corrected chi connectivity index (χ3v) is 4.76. The van der Waals surface area contributed by atoms with Gasteiger partial charge in [-0.2, -0.15) is 5.10 Å². The molecule has 0 unspecified atom stereocenters. The molecule has 1 aliphatic heterocycles. The van der Waals surface area contributed by atoms with Crippen molar-refractivity contribution in [2.45, 2.75) is 19.9 Å². The smallest absolute Gasteiger partial charge is 0.221 e. The number of hydrogen-bond donors (Lipinski definition) is 2. The van der Waals surface area contributed by atoms with Crippen LogP contribution in [-0.4, -0.2) is 65.0 Å². The fourth-order valence-electron chi connectivity index (χ4n) is 3.01. The Bertz CT molecular complexity index is 795. The molecule has 0 saturated carbocycles. The number of nitrogens with one attached hydrogen (secondary N) is 2. The summed E-state index contributed by atoms with van der Waals surface area (Å²) in [4.78, 5) is 14.5. The molecule has 1 amide bonds. The molecule has 1 fully saturated rings. The minimum Gasteiger partial charge on any atom is -0.379 e.